The Morgan fingerprint density at radius 1 is 0.859 bits per heavy atom. The summed E-state index contributed by atoms with van der Waals surface area (Å²) in [5.41, 5.74) is 2.51. The number of nitrogens with one attached hydrogen (secondary N) is 4. The third-order valence-electron chi connectivity index (χ3n) is 15.2. The normalized spacial score (nSPS) is 17.3. The Morgan fingerprint density at radius 2 is 1.59 bits per heavy atom. The molecule has 6 amide bonds. The van der Waals surface area contributed by atoms with Crippen LogP contribution >= 0.6 is 0 Å². The summed E-state index contributed by atoms with van der Waals surface area (Å²) >= 11 is 0. The van der Waals surface area contributed by atoms with Crippen LogP contribution in [0.15, 0.2) is 59.4 Å². The number of carbonyl (C=O) groups excluding carboxylic acids is 9. The molecule has 78 heavy (non-hydrogen) atoms. The number of amides is 6. The minimum absolute atomic E-state index is 0.0251. The number of ketones is 2. The Kier molecular flexibility index (Phi) is 17.9. The van der Waals surface area contributed by atoms with Crippen molar-refractivity contribution in [2.45, 2.75) is 128 Å². The first-order valence-electron chi connectivity index (χ1n) is 26.6. The van der Waals surface area contributed by atoms with Crippen LogP contribution in [0.5, 0.6) is 0 Å². The number of hydrogen-bond donors (Lipinski definition) is 5. The lowest BCUT2D eigenvalue weighted by Crippen LogP contribution is -2.44. The molecule has 2 aromatic carbocycles. The van der Waals surface area contributed by atoms with E-state index in [0.717, 1.165) is 27.0 Å². The lowest BCUT2D eigenvalue weighted by Gasteiger charge is -2.31. The number of halogens is 1. The van der Waals surface area contributed by atoms with Crippen LogP contribution in [0, 0.1) is 12.7 Å². The fourth-order valence-electron chi connectivity index (χ4n) is 10.6. The lowest BCUT2D eigenvalue weighted by molar-refractivity contribution is -0.172. The highest BCUT2D eigenvalue weighted by Gasteiger charge is 2.46. The van der Waals surface area contributed by atoms with E-state index in [9.17, 15) is 53.1 Å². The standard InChI is InChI=1S/C57H65FN8O12/c1-4-57(77)39-28-44-54-37(31-66(44)55(75)38(39)32-78-56(57)76)53-41(16-15-36-33(2)40(58)29-43(63-54)52(36)53)61-49(72)22-25-64(3)26-23-59-47(70)19-17-45(68)42(27-34-11-7-5-8-12-34)62-48(71)18-14-35(67)30-60-46(69)13-9-6-10-24-65-50(73)20-21-51(65)74/h5,7-8,11-12,20-21,28-29,41-42,77H,4,6,9-10,13-19,22-27,30-32H2,1-3H3,(H,59,70)(H,60,69)(H,61,72)(H,62,71)/t41-,42-,57-/m0/s1. The van der Waals surface area contributed by atoms with E-state index in [2.05, 4.69) is 21.3 Å². The highest BCUT2D eigenvalue weighted by molar-refractivity contribution is 6.12. The van der Waals surface area contributed by atoms with Crippen LogP contribution in [0.1, 0.15) is 123 Å². The van der Waals surface area contributed by atoms with Crippen molar-refractivity contribution in [2.75, 3.05) is 39.8 Å². The molecular weight excluding hydrogens is 1010 g/mol. The quantitative estimate of drug-likeness (QED) is 0.0303. The molecule has 20 nitrogen and oxygen atoms in total. The summed E-state index contributed by atoms with van der Waals surface area (Å²) in [4.78, 5) is 136. The SMILES string of the molecule is CC[C@@]1(O)C(=O)OCc2c1cc1n(c2=O)Cc2c-1nc1cc(F)c(C)c3c1c2[C@@H](NC(=O)CCN(C)CCNC(=O)CCC(=O)[C@H](Cc1ccccc1)NC(=O)CCC(=O)CNC(=O)CCCCCN1C(=O)C=CC1=O)CC3. The minimum atomic E-state index is -2.02. The van der Waals surface area contributed by atoms with E-state index in [0.29, 0.717) is 73.2 Å². The van der Waals surface area contributed by atoms with Crippen LogP contribution in [0.25, 0.3) is 22.3 Å². The molecular formula is C57H65FN8O12. The predicted molar refractivity (Wildman–Crippen MR) is 281 cm³/mol. The summed E-state index contributed by atoms with van der Waals surface area (Å²) in [6, 6.07) is 10.5. The van der Waals surface area contributed by atoms with Gasteiger partial charge >= 0.3 is 5.97 Å². The van der Waals surface area contributed by atoms with Gasteiger partial charge in [-0.25, -0.2) is 14.2 Å². The first kappa shape index (κ1) is 56.4. The number of imide groups is 1. The van der Waals surface area contributed by atoms with Crippen LogP contribution in [-0.2, 0) is 79.5 Å². The smallest absolute Gasteiger partial charge is 0.343 e. The van der Waals surface area contributed by atoms with E-state index in [1.54, 1.807) is 39.1 Å². The zero-order chi connectivity index (χ0) is 55.8. The van der Waals surface area contributed by atoms with Gasteiger partial charge in [0.1, 0.15) is 12.4 Å². The van der Waals surface area contributed by atoms with Crippen LogP contribution in [0.3, 0.4) is 0 Å². The topological polar surface area (TPSA) is 273 Å². The van der Waals surface area contributed by atoms with Gasteiger partial charge in [0.25, 0.3) is 17.4 Å². The zero-order valence-corrected chi connectivity index (χ0v) is 44.1. The highest BCUT2D eigenvalue weighted by Crippen LogP contribution is 2.46. The summed E-state index contributed by atoms with van der Waals surface area (Å²) < 4.78 is 22.2. The molecule has 0 spiro atoms. The first-order chi connectivity index (χ1) is 37.4. The van der Waals surface area contributed by atoms with Gasteiger partial charge in [0.05, 0.1) is 47.6 Å². The predicted octanol–water partition coefficient (Wildman–Crippen LogP) is 3.10. The van der Waals surface area contributed by atoms with Crippen molar-refractivity contribution in [3.63, 3.8) is 0 Å². The molecule has 4 aliphatic rings. The molecule has 412 valence electrons. The van der Waals surface area contributed by atoms with E-state index in [1.165, 1.54) is 22.8 Å². The van der Waals surface area contributed by atoms with Crippen LogP contribution in [-0.4, -0.2) is 123 Å². The third-order valence-corrected chi connectivity index (χ3v) is 15.2. The average molecular weight is 1070 g/mol. The molecule has 21 heteroatoms. The molecule has 0 fully saturated rings. The van der Waals surface area contributed by atoms with Crippen molar-refractivity contribution in [3.8, 4) is 11.4 Å². The summed E-state index contributed by atoms with van der Waals surface area (Å²) in [7, 11) is 1.80. The van der Waals surface area contributed by atoms with Gasteiger partial charge in [-0.1, -0.05) is 43.7 Å². The molecule has 2 aromatic heterocycles. The van der Waals surface area contributed by atoms with Gasteiger partial charge in [-0.2, -0.15) is 0 Å². The second-order valence-corrected chi connectivity index (χ2v) is 20.4. The molecule has 0 unspecified atom stereocenters. The lowest BCUT2D eigenvalue weighted by atomic mass is 9.81. The second-order valence-electron chi connectivity index (χ2n) is 20.4. The summed E-state index contributed by atoms with van der Waals surface area (Å²) in [5, 5.41) is 23.4. The average Bonchev–Trinajstić information content (AvgIpc) is 4.09. The van der Waals surface area contributed by atoms with Gasteiger partial charge in [0.15, 0.2) is 17.2 Å². The largest absolute Gasteiger partial charge is 0.458 e. The number of carbonyl (C=O) groups is 9. The Balaban J connectivity index is 0.783. The number of pyridine rings is 2. The fourth-order valence-corrected chi connectivity index (χ4v) is 10.6. The molecule has 3 atom stereocenters. The van der Waals surface area contributed by atoms with Gasteiger partial charge in [-0.3, -0.25) is 48.1 Å². The zero-order valence-electron chi connectivity index (χ0n) is 44.1. The van der Waals surface area contributed by atoms with E-state index in [-0.39, 0.29) is 136 Å². The molecule has 0 saturated carbocycles. The van der Waals surface area contributed by atoms with Gasteiger partial charge in [-0.05, 0) is 80.8 Å². The van der Waals surface area contributed by atoms with E-state index in [4.69, 9.17) is 9.72 Å². The van der Waals surface area contributed by atoms with Crippen molar-refractivity contribution in [1.82, 2.24) is 40.6 Å². The van der Waals surface area contributed by atoms with Crippen molar-refractivity contribution in [3.05, 3.63) is 110 Å². The van der Waals surface area contributed by atoms with Crippen LogP contribution in [0.2, 0.25) is 0 Å². The number of unbranched alkanes of at least 4 members (excludes halogenated alkanes) is 2. The van der Waals surface area contributed by atoms with Crippen molar-refractivity contribution in [2.24, 2.45) is 0 Å². The first-order valence-corrected chi connectivity index (χ1v) is 26.6. The van der Waals surface area contributed by atoms with Crippen LogP contribution in [0.4, 0.5) is 4.39 Å². The Labute approximate surface area is 449 Å². The van der Waals surface area contributed by atoms with Gasteiger partial charge < -0.3 is 40.6 Å². The number of hydrogen-bond acceptors (Lipinski definition) is 14. The molecule has 1 aliphatic carbocycles. The summed E-state index contributed by atoms with van der Waals surface area (Å²) in [6.45, 7) is 4.10. The number of cyclic esters (lactones) is 1. The Morgan fingerprint density at radius 3 is 2.33 bits per heavy atom. The van der Waals surface area contributed by atoms with Gasteiger partial charge in [-0.15, -0.1) is 0 Å². The summed E-state index contributed by atoms with van der Waals surface area (Å²) in [6.07, 6.45) is 4.73. The number of fused-ring (bicyclic) bond motifs is 5. The van der Waals surface area contributed by atoms with Crippen LogP contribution < -0.4 is 26.8 Å². The number of nitrogens with zero attached hydrogens (tertiary/aromatic N) is 4. The highest BCUT2D eigenvalue weighted by atomic mass is 19.1. The van der Waals surface area contributed by atoms with E-state index < -0.39 is 40.9 Å². The number of ether oxygens (including phenoxy) is 1. The third kappa shape index (κ3) is 12.6. The summed E-state index contributed by atoms with van der Waals surface area (Å²) in [5.74, 6) is -4.22. The maximum absolute atomic E-state index is 15.4. The number of Topliss-reactive ketones (excluding diaryl/α,β-unsaturated/α-hetero) is 2. The maximum atomic E-state index is 15.4. The molecule has 0 saturated heterocycles. The van der Waals surface area contributed by atoms with Crippen molar-refractivity contribution >= 4 is 63.9 Å². The molecule has 8 rings (SSSR count). The van der Waals surface area contributed by atoms with Gasteiger partial charge in [0, 0.05) is 99.4 Å². The number of aryl methyl sites for hydroxylation is 1. The van der Waals surface area contributed by atoms with E-state index >= 15 is 4.39 Å². The fraction of sp³-hybridized carbons (Fsp3) is 0.456. The monoisotopic (exact) mass is 1070 g/mol. The maximum Gasteiger partial charge on any atom is 0.343 e. The molecule has 0 bridgehead atoms. The number of benzene rings is 2. The Hall–Kier alpha value is -7.78. The van der Waals surface area contributed by atoms with Crippen molar-refractivity contribution < 1.29 is 57.4 Å². The number of aliphatic hydroxyl groups is 1. The molecule has 5 N–H and O–H groups in total. The molecule has 5 heterocycles. The number of likely N-dealkylation sites (N-methyl/N-ethyl adjacent to an activating group) is 1. The molecule has 0 radical (unpaired) electrons. The number of rotatable bonds is 26. The minimum Gasteiger partial charge on any atom is -0.458 e. The van der Waals surface area contributed by atoms with Crippen molar-refractivity contribution in [1.29, 1.82) is 0 Å². The number of esters is 1. The molecule has 4 aromatic rings. The van der Waals surface area contributed by atoms with E-state index in [1.807, 2.05) is 23.1 Å². The number of aromatic nitrogens is 2. The van der Waals surface area contributed by atoms with Gasteiger partial charge in [0.2, 0.25) is 23.6 Å². The second kappa shape index (κ2) is 24.7. The Bertz CT molecular complexity index is 3160. The molecule has 3 aliphatic heterocycles.